The number of amidine groups is 1. The maximum Gasteiger partial charge on any atom is 0.107 e. The van der Waals surface area contributed by atoms with Gasteiger partial charge in [0.2, 0.25) is 0 Å². The molecule has 0 aliphatic rings. The van der Waals surface area contributed by atoms with Crippen LogP contribution in [0.25, 0.3) is 0 Å². The summed E-state index contributed by atoms with van der Waals surface area (Å²) in [5.41, 5.74) is -0.0433. The molecule has 0 amide bonds. The van der Waals surface area contributed by atoms with Crippen molar-refractivity contribution in [3.05, 3.63) is 0 Å². The highest BCUT2D eigenvalue weighted by Gasteiger charge is 2.19. The molecule has 0 saturated heterocycles. The summed E-state index contributed by atoms with van der Waals surface area (Å²) in [7, 11) is 1.74. The van der Waals surface area contributed by atoms with Gasteiger partial charge in [0.1, 0.15) is 5.84 Å². The van der Waals surface area contributed by atoms with E-state index in [1.807, 2.05) is 11.8 Å². The standard InChI is InChI=1S/C9H16N2/c1-7-11(8(2)10-6)9(3,4)5/h1H,2-6H3/b10-8-. The van der Waals surface area contributed by atoms with Gasteiger partial charge in [-0.1, -0.05) is 6.42 Å². The van der Waals surface area contributed by atoms with Crippen molar-refractivity contribution in [2.24, 2.45) is 4.99 Å². The van der Waals surface area contributed by atoms with Crippen LogP contribution in [0.3, 0.4) is 0 Å². The van der Waals surface area contributed by atoms with Gasteiger partial charge in [-0.15, -0.1) is 0 Å². The van der Waals surface area contributed by atoms with E-state index in [9.17, 15) is 0 Å². The molecule has 0 aliphatic carbocycles. The van der Waals surface area contributed by atoms with Gasteiger partial charge >= 0.3 is 0 Å². The minimum absolute atomic E-state index is 0.0433. The summed E-state index contributed by atoms with van der Waals surface area (Å²) in [5, 5.41) is 0. The SMILES string of the molecule is C#CN(/C(C)=N\C)C(C)(C)C. The van der Waals surface area contributed by atoms with E-state index < -0.39 is 0 Å². The molecule has 0 spiro atoms. The first kappa shape index (κ1) is 10.0. The molecular weight excluding hydrogens is 136 g/mol. The lowest BCUT2D eigenvalue weighted by Crippen LogP contribution is -2.40. The molecule has 0 bridgehead atoms. The zero-order valence-corrected chi connectivity index (χ0v) is 7.97. The van der Waals surface area contributed by atoms with Crippen LogP contribution in [0.1, 0.15) is 27.7 Å². The molecule has 62 valence electrons. The minimum Gasteiger partial charge on any atom is -0.285 e. The van der Waals surface area contributed by atoms with Crippen molar-refractivity contribution in [3.8, 4) is 12.5 Å². The second-order valence-electron chi connectivity index (χ2n) is 3.41. The Labute approximate surface area is 69.3 Å². The molecule has 0 aromatic rings. The van der Waals surface area contributed by atoms with Crippen LogP contribution in [0, 0.1) is 12.5 Å². The first-order valence-electron chi connectivity index (χ1n) is 3.63. The van der Waals surface area contributed by atoms with Gasteiger partial charge in [0.05, 0.1) is 0 Å². The molecule has 0 heterocycles. The first-order chi connectivity index (χ1) is 4.93. The Morgan fingerprint density at radius 1 is 1.45 bits per heavy atom. The molecule has 2 nitrogen and oxygen atoms in total. The maximum absolute atomic E-state index is 5.33. The molecule has 0 aliphatic heterocycles. The second-order valence-corrected chi connectivity index (χ2v) is 3.41. The van der Waals surface area contributed by atoms with Gasteiger partial charge in [-0.2, -0.15) is 0 Å². The summed E-state index contributed by atoms with van der Waals surface area (Å²) in [6, 6.07) is 2.60. The van der Waals surface area contributed by atoms with Crippen molar-refractivity contribution in [2.75, 3.05) is 7.05 Å². The number of aliphatic imine (C=N–C) groups is 1. The third-order valence-corrected chi connectivity index (χ3v) is 1.45. The molecule has 0 rings (SSSR count). The molecule has 0 atom stereocenters. The van der Waals surface area contributed by atoms with E-state index in [-0.39, 0.29) is 5.54 Å². The van der Waals surface area contributed by atoms with E-state index >= 15 is 0 Å². The predicted octanol–water partition coefficient (Wildman–Crippen LogP) is 1.73. The van der Waals surface area contributed by atoms with Crippen molar-refractivity contribution in [1.29, 1.82) is 0 Å². The highest BCUT2D eigenvalue weighted by Crippen LogP contribution is 2.11. The van der Waals surface area contributed by atoms with E-state index in [1.165, 1.54) is 0 Å². The van der Waals surface area contributed by atoms with E-state index in [1.54, 1.807) is 7.05 Å². The van der Waals surface area contributed by atoms with Crippen molar-refractivity contribution >= 4 is 5.84 Å². The lowest BCUT2D eigenvalue weighted by Gasteiger charge is -2.31. The highest BCUT2D eigenvalue weighted by molar-refractivity contribution is 5.81. The molecule has 0 saturated carbocycles. The normalized spacial score (nSPS) is 12.5. The largest absolute Gasteiger partial charge is 0.285 e. The van der Waals surface area contributed by atoms with Crippen LogP contribution >= 0.6 is 0 Å². The summed E-state index contributed by atoms with van der Waals surface area (Å²) in [6.07, 6.45) is 5.33. The molecular formula is C9H16N2. The quantitative estimate of drug-likeness (QED) is 0.223. The third kappa shape index (κ3) is 2.63. The molecule has 0 fully saturated rings. The smallest absolute Gasteiger partial charge is 0.107 e. The Morgan fingerprint density at radius 2 is 1.91 bits per heavy atom. The summed E-state index contributed by atoms with van der Waals surface area (Å²) in [6.45, 7) is 8.08. The fourth-order valence-electron chi connectivity index (χ4n) is 0.872. The molecule has 0 unspecified atom stereocenters. The fraction of sp³-hybridized carbons (Fsp3) is 0.667. The molecule has 0 aromatic heterocycles. The van der Waals surface area contributed by atoms with Gasteiger partial charge in [0.25, 0.3) is 0 Å². The van der Waals surface area contributed by atoms with E-state index in [2.05, 4.69) is 31.8 Å². The average Bonchev–Trinajstić information content (AvgIpc) is 1.86. The van der Waals surface area contributed by atoms with Gasteiger partial charge in [-0.05, 0) is 27.7 Å². The van der Waals surface area contributed by atoms with Crippen LogP contribution in [0.2, 0.25) is 0 Å². The molecule has 0 aromatic carbocycles. The van der Waals surface area contributed by atoms with Gasteiger partial charge in [0, 0.05) is 18.6 Å². The molecule has 0 N–H and O–H groups in total. The van der Waals surface area contributed by atoms with E-state index in [0.29, 0.717) is 0 Å². The van der Waals surface area contributed by atoms with E-state index in [4.69, 9.17) is 6.42 Å². The lowest BCUT2D eigenvalue weighted by atomic mass is 10.1. The van der Waals surface area contributed by atoms with E-state index in [0.717, 1.165) is 5.84 Å². The lowest BCUT2D eigenvalue weighted by molar-refractivity contribution is 0.326. The van der Waals surface area contributed by atoms with Crippen molar-refractivity contribution < 1.29 is 0 Å². The van der Waals surface area contributed by atoms with Crippen LogP contribution in [0.4, 0.5) is 0 Å². The number of nitrogens with zero attached hydrogens (tertiary/aromatic N) is 2. The fourth-order valence-corrected chi connectivity index (χ4v) is 0.872. The zero-order valence-electron chi connectivity index (χ0n) is 7.97. The van der Waals surface area contributed by atoms with Gasteiger partial charge < -0.3 is 0 Å². The zero-order chi connectivity index (χ0) is 9.07. The molecule has 2 heteroatoms. The Hall–Kier alpha value is -0.970. The van der Waals surface area contributed by atoms with Crippen molar-refractivity contribution in [3.63, 3.8) is 0 Å². The Bertz CT molecular complexity index is 191. The van der Waals surface area contributed by atoms with Gasteiger partial charge in [-0.3, -0.25) is 9.89 Å². The third-order valence-electron chi connectivity index (χ3n) is 1.45. The molecule has 11 heavy (non-hydrogen) atoms. The van der Waals surface area contributed by atoms with Gasteiger partial charge in [0.15, 0.2) is 0 Å². The number of rotatable bonds is 0. The summed E-state index contributed by atoms with van der Waals surface area (Å²) in [5.74, 6) is 0.875. The van der Waals surface area contributed by atoms with Crippen molar-refractivity contribution in [1.82, 2.24) is 4.90 Å². The molecule has 0 radical (unpaired) electrons. The van der Waals surface area contributed by atoms with Crippen LogP contribution in [0.5, 0.6) is 0 Å². The van der Waals surface area contributed by atoms with Crippen molar-refractivity contribution in [2.45, 2.75) is 33.2 Å². The number of terminal acetylenes is 1. The highest BCUT2D eigenvalue weighted by atomic mass is 15.2. The van der Waals surface area contributed by atoms with Crippen LogP contribution < -0.4 is 0 Å². The minimum atomic E-state index is -0.0433. The topological polar surface area (TPSA) is 15.6 Å². The summed E-state index contributed by atoms with van der Waals surface area (Å²) >= 11 is 0. The van der Waals surface area contributed by atoms with Gasteiger partial charge in [-0.25, -0.2) is 0 Å². The van der Waals surface area contributed by atoms with Crippen LogP contribution in [-0.2, 0) is 0 Å². The maximum atomic E-state index is 5.33. The average molecular weight is 152 g/mol. The number of hydrogen-bond donors (Lipinski definition) is 0. The Balaban J connectivity index is 4.60. The Morgan fingerprint density at radius 3 is 2.00 bits per heavy atom. The van der Waals surface area contributed by atoms with Crippen LogP contribution in [0.15, 0.2) is 4.99 Å². The summed E-state index contributed by atoms with van der Waals surface area (Å²) < 4.78 is 0. The van der Waals surface area contributed by atoms with Crippen LogP contribution in [-0.4, -0.2) is 23.3 Å². The monoisotopic (exact) mass is 152 g/mol. The predicted molar refractivity (Wildman–Crippen MR) is 49.5 cm³/mol. The second kappa shape index (κ2) is 3.43. The number of hydrogen-bond acceptors (Lipinski definition) is 1. The first-order valence-corrected chi connectivity index (χ1v) is 3.63. The summed E-state index contributed by atoms with van der Waals surface area (Å²) in [4.78, 5) is 5.84. The Kier molecular flexibility index (Phi) is 3.13.